The van der Waals surface area contributed by atoms with Gasteiger partial charge in [0.1, 0.15) is 0 Å². The number of nitrogens with one attached hydrogen (secondary N) is 1. The molecule has 0 aliphatic carbocycles. The van der Waals surface area contributed by atoms with E-state index in [0.717, 1.165) is 5.69 Å². The van der Waals surface area contributed by atoms with Gasteiger partial charge in [-0.3, -0.25) is 19.8 Å². The van der Waals surface area contributed by atoms with Crippen molar-refractivity contribution in [3.05, 3.63) is 58.6 Å². The molecule has 0 saturated carbocycles. The van der Waals surface area contributed by atoms with Crippen LogP contribution in [0.5, 0.6) is 0 Å². The summed E-state index contributed by atoms with van der Waals surface area (Å²) in [5.41, 5.74) is 1.46. The van der Waals surface area contributed by atoms with Gasteiger partial charge in [0.05, 0.1) is 16.4 Å². The number of rotatable bonds is 6. The number of piperazine rings is 1. The Hall–Kier alpha value is -3.02. The second-order valence-corrected chi connectivity index (χ2v) is 8.22. The quantitative estimate of drug-likeness (QED) is 0.526. The molecule has 1 heterocycles. The number of carbonyl (C=O) groups excluding carboxylic acids is 1. The fourth-order valence-corrected chi connectivity index (χ4v) is 3.60. The van der Waals surface area contributed by atoms with Crippen LogP contribution in [0.4, 0.5) is 17.1 Å². The first-order valence-corrected chi connectivity index (χ1v) is 10.4. The smallest absolute Gasteiger partial charge is 0.269 e. The van der Waals surface area contributed by atoms with Gasteiger partial charge in [0.2, 0.25) is 15.9 Å². The molecular weight excluding hydrogens is 398 g/mol. The van der Waals surface area contributed by atoms with Crippen LogP contribution in [-0.4, -0.2) is 56.9 Å². The number of sulfonamides is 1. The predicted octanol–water partition coefficient (Wildman–Crippen LogP) is 1.00. The van der Waals surface area contributed by atoms with Crippen molar-refractivity contribution in [1.82, 2.24) is 4.90 Å². The molecule has 0 bridgehead atoms. The fourth-order valence-electron chi connectivity index (χ4n) is 3.08. The summed E-state index contributed by atoms with van der Waals surface area (Å²) < 4.78 is 22.5. The molecule has 1 aliphatic rings. The largest absolute Gasteiger partial charge is 0.369 e. The summed E-state index contributed by atoms with van der Waals surface area (Å²) in [5.74, 6) is -0.197. The van der Waals surface area contributed by atoms with Crippen molar-refractivity contribution in [3.8, 4) is 0 Å². The summed E-state index contributed by atoms with van der Waals surface area (Å²) in [5, 5.41) is 18.5. The zero-order valence-electron chi connectivity index (χ0n) is 15.5. The molecule has 11 heteroatoms. The molecule has 1 saturated heterocycles. The Morgan fingerprint density at radius 2 is 1.62 bits per heavy atom. The molecule has 154 valence electrons. The molecule has 29 heavy (non-hydrogen) atoms. The van der Waals surface area contributed by atoms with Crippen LogP contribution >= 0.6 is 0 Å². The van der Waals surface area contributed by atoms with E-state index in [1.807, 2.05) is 4.90 Å². The van der Waals surface area contributed by atoms with Gasteiger partial charge < -0.3 is 10.2 Å². The predicted molar refractivity (Wildman–Crippen MR) is 108 cm³/mol. The number of hydrogen-bond donors (Lipinski definition) is 2. The number of nitrogens with two attached hydrogens (primary N) is 1. The maximum atomic E-state index is 12.2. The van der Waals surface area contributed by atoms with Gasteiger partial charge in [-0.2, -0.15) is 0 Å². The summed E-state index contributed by atoms with van der Waals surface area (Å²) in [6, 6.07) is 12.1. The molecule has 3 N–H and O–H groups in total. The summed E-state index contributed by atoms with van der Waals surface area (Å²) >= 11 is 0. The first kappa shape index (κ1) is 20.7. The Bertz CT molecular complexity index is 984. The minimum Gasteiger partial charge on any atom is -0.369 e. The van der Waals surface area contributed by atoms with E-state index < -0.39 is 14.9 Å². The van der Waals surface area contributed by atoms with Crippen molar-refractivity contribution in [2.24, 2.45) is 5.14 Å². The summed E-state index contributed by atoms with van der Waals surface area (Å²) in [7, 11) is -3.76. The fraction of sp³-hybridized carbons (Fsp3) is 0.278. The molecule has 2 aromatic carbocycles. The molecule has 0 atom stereocenters. The van der Waals surface area contributed by atoms with Gasteiger partial charge in [0.15, 0.2) is 0 Å². The molecule has 0 spiro atoms. The summed E-state index contributed by atoms with van der Waals surface area (Å²) in [6.45, 7) is 2.97. The number of nitrogens with zero attached hydrogens (tertiary/aromatic N) is 3. The van der Waals surface area contributed by atoms with E-state index in [1.54, 1.807) is 12.1 Å². The molecular formula is C18H21N5O5S. The Kier molecular flexibility index (Phi) is 6.11. The van der Waals surface area contributed by atoms with Crippen molar-refractivity contribution in [2.75, 3.05) is 42.9 Å². The van der Waals surface area contributed by atoms with Crippen molar-refractivity contribution >= 4 is 33.0 Å². The van der Waals surface area contributed by atoms with Gasteiger partial charge in [-0.15, -0.1) is 0 Å². The normalized spacial score (nSPS) is 15.1. The van der Waals surface area contributed by atoms with Crippen LogP contribution in [0.1, 0.15) is 0 Å². The Balaban J connectivity index is 1.48. The van der Waals surface area contributed by atoms with Crippen LogP contribution in [0.25, 0.3) is 0 Å². The van der Waals surface area contributed by atoms with E-state index in [-0.39, 0.29) is 23.0 Å². The van der Waals surface area contributed by atoms with Gasteiger partial charge in [0.25, 0.3) is 5.69 Å². The van der Waals surface area contributed by atoms with Crippen molar-refractivity contribution in [3.63, 3.8) is 0 Å². The van der Waals surface area contributed by atoms with Crippen molar-refractivity contribution < 1.29 is 18.1 Å². The van der Waals surface area contributed by atoms with E-state index in [9.17, 15) is 23.3 Å². The number of nitro groups is 1. The number of non-ortho nitro benzene ring substituents is 1. The SMILES string of the molecule is NS(=O)(=O)c1ccc(NC(=O)CN2CCN(c3ccc([N+](=O)[O-])cc3)CC2)cc1. The summed E-state index contributed by atoms with van der Waals surface area (Å²) in [4.78, 5) is 26.7. The van der Waals surface area contributed by atoms with Crippen LogP contribution in [0.3, 0.4) is 0 Å². The zero-order valence-corrected chi connectivity index (χ0v) is 16.3. The summed E-state index contributed by atoms with van der Waals surface area (Å²) in [6.07, 6.45) is 0. The van der Waals surface area contributed by atoms with Gasteiger partial charge in [0, 0.05) is 49.7 Å². The second kappa shape index (κ2) is 8.55. The lowest BCUT2D eigenvalue weighted by Crippen LogP contribution is -2.48. The van der Waals surface area contributed by atoms with Gasteiger partial charge in [-0.25, -0.2) is 13.6 Å². The van der Waals surface area contributed by atoms with Crippen LogP contribution in [0.2, 0.25) is 0 Å². The van der Waals surface area contributed by atoms with Crippen molar-refractivity contribution in [1.29, 1.82) is 0 Å². The lowest BCUT2D eigenvalue weighted by atomic mass is 10.2. The molecule has 0 unspecified atom stereocenters. The first-order valence-electron chi connectivity index (χ1n) is 8.87. The highest BCUT2D eigenvalue weighted by molar-refractivity contribution is 7.89. The number of amides is 1. The highest BCUT2D eigenvalue weighted by Gasteiger charge is 2.20. The van der Waals surface area contributed by atoms with Gasteiger partial charge in [-0.05, 0) is 36.4 Å². The maximum Gasteiger partial charge on any atom is 0.269 e. The highest BCUT2D eigenvalue weighted by atomic mass is 32.2. The van der Waals surface area contributed by atoms with Crippen LogP contribution in [0, 0.1) is 10.1 Å². The number of hydrogen-bond acceptors (Lipinski definition) is 7. The molecule has 0 radical (unpaired) electrons. The minimum absolute atomic E-state index is 0.0159. The van der Waals surface area contributed by atoms with Gasteiger partial charge >= 0.3 is 0 Å². The van der Waals surface area contributed by atoms with E-state index in [4.69, 9.17) is 5.14 Å². The average molecular weight is 419 g/mol. The van der Waals surface area contributed by atoms with Crippen molar-refractivity contribution in [2.45, 2.75) is 4.90 Å². The molecule has 3 rings (SSSR count). The highest BCUT2D eigenvalue weighted by Crippen LogP contribution is 2.20. The van der Waals surface area contributed by atoms with Crippen LogP contribution in [0.15, 0.2) is 53.4 Å². The van der Waals surface area contributed by atoms with Crippen LogP contribution < -0.4 is 15.4 Å². The second-order valence-electron chi connectivity index (χ2n) is 6.65. The number of carbonyl (C=O) groups is 1. The zero-order chi connectivity index (χ0) is 21.0. The van der Waals surface area contributed by atoms with Crippen LogP contribution in [-0.2, 0) is 14.8 Å². The van der Waals surface area contributed by atoms with E-state index in [0.29, 0.717) is 31.9 Å². The van der Waals surface area contributed by atoms with E-state index in [2.05, 4.69) is 10.2 Å². The lowest BCUT2D eigenvalue weighted by molar-refractivity contribution is -0.384. The maximum absolute atomic E-state index is 12.2. The Morgan fingerprint density at radius 1 is 1.03 bits per heavy atom. The van der Waals surface area contributed by atoms with E-state index in [1.165, 1.54) is 36.4 Å². The number of benzene rings is 2. The number of nitro benzene ring substituents is 1. The molecule has 10 nitrogen and oxygen atoms in total. The molecule has 2 aromatic rings. The Morgan fingerprint density at radius 3 is 2.14 bits per heavy atom. The average Bonchev–Trinajstić information content (AvgIpc) is 2.68. The number of primary sulfonamides is 1. The van der Waals surface area contributed by atoms with E-state index >= 15 is 0 Å². The first-order chi connectivity index (χ1) is 13.7. The standard InChI is InChI=1S/C18H21N5O5S/c19-29(27,28)17-7-1-14(2-8-17)20-18(24)13-21-9-11-22(12-10-21)15-3-5-16(6-4-15)23(25)26/h1-8H,9-13H2,(H,20,24)(H2,19,27,28). The minimum atomic E-state index is -3.76. The van der Waals surface area contributed by atoms with Gasteiger partial charge in [-0.1, -0.05) is 0 Å². The molecule has 0 aromatic heterocycles. The molecule has 1 aliphatic heterocycles. The molecule has 1 amide bonds. The lowest BCUT2D eigenvalue weighted by Gasteiger charge is -2.35. The third-order valence-electron chi connectivity index (χ3n) is 4.63. The topological polar surface area (TPSA) is 139 Å². The monoisotopic (exact) mass is 419 g/mol. The molecule has 1 fully saturated rings. The third-order valence-corrected chi connectivity index (χ3v) is 5.56. The number of anilines is 2. The Labute approximate surface area is 168 Å². The third kappa shape index (κ3) is 5.50.